The minimum Gasteiger partial charge on any atom is -0.389 e. The van der Waals surface area contributed by atoms with Gasteiger partial charge in [0.2, 0.25) is 0 Å². The Morgan fingerprint density at radius 2 is 1.72 bits per heavy atom. The number of rotatable bonds is 9. The topological polar surface area (TPSA) is 106 Å². The number of hydrogen-bond donors (Lipinski definition) is 1. The quantitative estimate of drug-likeness (QED) is 0.469. The Labute approximate surface area is 211 Å². The zero-order valence-corrected chi connectivity index (χ0v) is 21.5. The van der Waals surface area contributed by atoms with Gasteiger partial charge in [-0.25, -0.2) is 8.42 Å². The van der Waals surface area contributed by atoms with Gasteiger partial charge in [0.05, 0.1) is 13.2 Å². The number of Topliss-reactive ketones (excluding diaryl/α,β-unsaturated/α-hetero) is 1. The maximum Gasteiger partial charge on any atom is 0.258 e. The van der Waals surface area contributed by atoms with E-state index in [2.05, 4.69) is 29.2 Å². The van der Waals surface area contributed by atoms with E-state index in [-0.39, 0.29) is 18.5 Å². The van der Waals surface area contributed by atoms with Gasteiger partial charge in [-0.1, -0.05) is 30.3 Å². The molecule has 0 amide bonds. The lowest BCUT2D eigenvalue weighted by Crippen LogP contribution is -2.46. The first-order valence-corrected chi connectivity index (χ1v) is 13.9. The molecule has 36 heavy (non-hydrogen) atoms. The fraction of sp³-hybridized carbons (Fsp3) is 0.407. The standard InChI is InChI=1S/C27H32N2O6S/c1-27(25(31)19-30,36(2,33)34)10-12-29-11-9-23-17-22(7-8-24(23)26(29)32)21-5-3-20(4-6-21)18-28-13-15-35-16-14-28/h3-9,11,17,30H,10,12-16,18-19H2,1-2H3/t27-/m1/s1. The van der Waals surface area contributed by atoms with E-state index >= 15 is 0 Å². The molecule has 0 aliphatic carbocycles. The second kappa shape index (κ2) is 10.6. The van der Waals surface area contributed by atoms with Gasteiger partial charge in [-0.05, 0) is 53.6 Å². The molecule has 1 fully saturated rings. The highest BCUT2D eigenvalue weighted by Crippen LogP contribution is 2.25. The third-order valence-electron chi connectivity index (χ3n) is 7.16. The van der Waals surface area contributed by atoms with Crippen LogP contribution in [0.4, 0.5) is 0 Å². The number of benzene rings is 2. The third-order valence-corrected chi connectivity index (χ3v) is 9.22. The molecule has 1 saturated heterocycles. The summed E-state index contributed by atoms with van der Waals surface area (Å²) >= 11 is 0. The summed E-state index contributed by atoms with van der Waals surface area (Å²) in [6.45, 7) is 4.78. The SMILES string of the molecule is C[C@@](CCn1ccc2cc(-c3ccc(CN4CCOCC4)cc3)ccc2c1=O)(C(=O)CO)S(C)(=O)=O. The first kappa shape index (κ1) is 26.2. The number of nitrogens with zero attached hydrogens (tertiary/aromatic N) is 2. The van der Waals surface area contributed by atoms with E-state index in [1.807, 2.05) is 18.2 Å². The van der Waals surface area contributed by atoms with Gasteiger partial charge < -0.3 is 14.4 Å². The van der Waals surface area contributed by atoms with Crippen molar-refractivity contribution in [2.24, 2.45) is 0 Å². The Kier molecular flexibility index (Phi) is 7.75. The molecular weight excluding hydrogens is 480 g/mol. The van der Waals surface area contributed by atoms with Crippen molar-refractivity contribution in [2.75, 3.05) is 39.2 Å². The Balaban J connectivity index is 1.53. The van der Waals surface area contributed by atoms with Crippen molar-refractivity contribution in [1.29, 1.82) is 0 Å². The summed E-state index contributed by atoms with van der Waals surface area (Å²) in [6, 6.07) is 15.9. The molecule has 2 heterocycles. The number of fused-ring (bicyclic) bond motifs is 1. The van der Waals surface area contributed by atoms with Crippen molar-refractivity contribution in [3.8, 4) is 11.1 Å². The Morgan fingerprint density at radius 3 is 2.36 bits per heavy atom. The highest BCUT2D eigenvalue weighted by molar-refractivity contribution is 7.92. The summed E-state index contributed by atoms with van der Waals surface area (Å²) in [6.07, 6.45) is 2.48. The van der Waals surface area contributed by atoms with Gasteiger partial charge >= 0.3 is 0 Å². The van der Waals surface area contributed by atoms with Crippen molar-refractivity contribution in [3.05, 3.63) is 70.6 Å². The molecule has 3 aromatic rings. The summed E-state index contributed by atoms with van der Waals surface area (Å²) < 4.78 is 29.5. The van der Waals surface area contributed by atoms with Gasteiger partial charge in [0.25, 0.3) is 5.56 Å². The molecule has 1 aromatic heterocycles. The van der Waals surface area contributed by atoms with E-state index < -0.39 is 27.0 Å². The van der Waals surface area contributed by atoms with Gasteiger partial charge in [0.1, 0.15) is 11.4 Å². The van der Waals surface area contributed by atoms with Gasteiger partial charge in [-0.2, -0.15) is 0 Å². The minimum atomic E-state index is -3.78. The molecule has 0 saturated carbocycles. The van der Waals surface area contributed by atoms with Crippen LogP contribution in [0.3, 0.4) is 0 Å². The number of aromatic nitrogens is 1. The van der Waals surface area contributed by atoms with Crippen LogP contribution in [-0.4, -0.2) is 72.7 Å². The zero-order chi connectivity index (χ0) is 25.9. The van der Waals surface area contributed by atoms with Crippen LogP contribution in [-0.2, 0) is 32.5 Å². The lowest BCUT2D eigenvalue weighted by molar-refractivity contribution is -0.124. The summed E-state index contributed by atoms with van der Waals surface area (Å²) in [7, 11) is -3.78. The van der Waals surface area contributed by atoms with Crippen LogP contribution in [0.5, 0.6) is 0 Å². The van der Waals surface area contributed by atoms with E-state index in [0.717, 1.165) is 55.6 Å². The van der Waals surface area contributed by atoms with Crippen molar-refractivity contribution in [2.45, 2.75) is 31.2 Å². The number of morpholine rings is 1. The monoisotopic (exact) mass is 512 g/mol. The molecule has 0 spiro atoms. The number of sulfone groups is 1. The van der Waals surface area contributed by atoms with Crippen molar-refractivity contribution in [1.82, 2.24) is 9.47 Å². The molecule has 1 aliphatic heterocycles. The summed E-state index contributed by atoms with van der Waals surface area (Å²) in [5.74, 6) is -0.778. The molecule has 0 radical (unpaired) electrons. The molecule has 2 aromatic carbocycles. The smallest absolute Gasteiger partial charge is 0.258 e. The molecule has 1 aliphatic rings. The van der Waals surface area contributed by atoms with E-state index in [1.165, 1.54) is 17.1 Å². The summed E-state index contributed by atoms with van der Waals surface area (Å²) in [4.78, 5) is 27.6. The fourth-order valence-electron chi connectivity index (χ4n) is 4.50. The molecular formula is C27H32N2O6S. The van der Waals surface area contributed by atoms with E-state index in [9.17, 15) is 23.1 Å². The second-order valence-electron chi connectivity index (χ2n) is 9.54. The number of pyridine rings is 1. The van der Waals surface area contributed by atoms with Crippen LogP contribution in [0.15, 0.2) is 59.5 Å². The number of aryl methyl sites for hydroxylation is 1. The van der Waals surface area contributed by atoms with E-state index in [1.54, 1.807) is 12.3 Å². The van der Waals surface area contributed by atoms with Crippen LogP contribution in [0.25, 0.3) is 21.9 Å². The number of hydrogen-bond acceptors (Lipinski definition) is 7. The molecule has 1 N–H and O–H groups in total. The number of aliphatic hydroxyl groups excluding tert-OH is 1. The number of ketones is 1. The fourth-order valence-corrected chi connectivity index (χ4v) is 5.44. The van der Waals surface area contributed by atoms with E-state index in [4.69, 9.17) is 4.74 Å². The lowest BCUT2D eigenvalue weighted by Gasteiger charge is -2.26. The maximum absolute atomic E-state index is 13.1. The van der Waals surface area contributed by atoms with Crippen LogP contribution >= 0.6 is 0 Å². The normalized spacial score (nSPS) is 16.6. The number of ether oxygens (including phenoxy) is 1. The van der Waals surface area contributed by atoms with E-state index in [0.29, 0.717) is 5.39 Å². The van der Waals surface area contributed by atoms with Gasteiger partial charge in [0.15, 0.2) is 15.6 Å². The lowest BCUT2D eigenvalue weighted by atomic mass is 10.00. The summed E-state index contributed by atoms with van der Waals surface area (Å²) in [5.41, 5.74) is 3.03. The minimum absolute atomic E-state index is 0.0381. The number of carbonyl (C=O) groups excluding carboxylic acids is 1. The Bertz CT molecular complexity index is 1410. The second-order valence-corrected chi connectivity index (χ2v) is 12.0. The third kappa shape index (κ3) is 5.44. The molecule has 0 bridgehead atoms. The molecule has 192 valence electrons. The van der Waals surface area contributed by atoms with Crippen molar-refractivity contribution in [3.63, 3.8) is 0 Å². The van der Waals surface area contributed by atoms with Gasteiger partial charge in [0, 0.05) is 44.0 Å². The maximum atomic E-state index is 13.1. The van der Waals surface area contributed by atoms with Crippen LogP contribution in [0, 0.1) is 0 Å². The summed E-state index contributed by atoms with van der Waals surface area (Å²) in [5, 5.41) is 10.5. The predicted molar refractivity (Wildman–Crippen MR) is 140 cm³/mol. The van der Waals surface area contributed by atoms with Gasteiger partial charge in [-0.15, -0.1) is 0 Å². The largest absolute Gasteiger partial charge is 0.389 e. The Hall–Kier alpha value is -2.85. The van der Waals surface area contributed by atoms with Crippen LogP contribution in [0.2, 0.25) is 0 Å². The van der Waals surface area contributed by atoms with Crippen molar-refractivity contribution >= 4 is 26.4 Å². The highest BCUT2D eigenvalue weighted by Gasteiger charge is 2.42. The number of aliphatic hydroxyl groups is 1. The molecule has 8 nitrogen and oxygen atoms in total. The first-order chi connectivity index (χ1) is 17.1. The Morgan fingerprint density at radius 1 is 1.06 bits per heavy atom. The molecule has 1 atom stereocenters. The van der Waals surface area contributed by atoms with Crippen molar-refractivity contribution < 1.29 is 23.1 Å². The first-order valence-electron chi connectivity index (χ1n) is 12.0. The molecule has 0 unspecified atom stereocenters. The van der Waals surface area contributed by atoms with Crippen LogP contribution in [0.1, 0.15) is 18.9 Å². The predicted octanol–water partition coefficient (Wildman–Crippen LogP) is 2.26. The highest BCUT2D eigenvalue weighted by atomic mass is 32.2. The van der Waals surface area contributed by atoms with Gasteiger partial charge in [-0.3, -0.25) is 14.5 Å². The molecule has 4 rings (SSSR count). The number of carbonyl (C=O) groups is 1. The average Bonchev–Trinajstić information content (AvgIpc) is 2.88. The molecule has 9 heteroatoms. The zero-order valence-electron chi connectivity index (χ0n) is 20.6. The van der Waals surface area contributed by atoms with Crippen LogP contribution < -0.4 is 5.56 Å². The average molecular weight is 513 g/mol.